The Balaban J connectivity index is 1.77. The zero-order valence-electron chi connectivity index (χ0n) is 13.1. The number of nitrogens with zero attached hydrogens (tertiary/aromatic N) is 3. The van der Waals surface area contributed by atoms with Crippen LogP contribution in [0.25, 0.3) is 0 Å². The summed E-state index contributed by atoms with van der Waals surface area (Å²) >= 11 is 0. The topological polar surface area (TPSA) is 89.2 Å². The van der Waals surface area contributed by atoms with Gasteiger partial charge in [-0.3, -0.25) is 9.78 Å². The van der Waals surface area contributed by atoms with Gasteiger partial charge in [-0.15, -0.1) is 0 Å². The number of benzene rings is 1. The summed E-state index contributed by atoms with van der Waals surface area (Å²) in [5.41, 5.74) is 2.44. The molecule has 0 bridgehead atoms. The molecule has 6 heteroatoms. The van der Waals surface area contributed by atoms with Gasteiger partial charge in [-0.25, -0.2) is 0 Å². The summed E-state index contributed by atoms with van der Waals surface area (Å²) in [4.78, 5) is 18.2. The Morgan fingerprint density at radius 3 is 2.62 bits per heavy atom. The highest BCUT2D eigenvalue weighted by Gasteiger charge is 2.19. The summed E-state index contributed by atoms with van der Waals surface area (Å²) in [6.45, 7) is 1.44. The Bertz CT molecular complexity index is 762. The summed E-state index contributed by atoms with van der Waals surface area (Å²) < 4.78 is 0. The molecule has 1 amide bonds. The second kappa shape index (κ2) is 7.11. The van der Waals surface area contributed by atoms with Crippen molar-refractivity contribution in [1.82, 2.24) is 4.98 Å². The molecule has 0 spiro atoms. The van der Waals surface area contributed by atoms with E-state index in [0.29, 0.717) is 29.7 Å². The first-order valence-corrected chi connectivity index (χ1v) is 7.86. The number of aliphatic hydroxyl groups excluding tert-OH is 1. The molecule has 1 aromatic heterocycles. The van der Waals surface area contributed by atoms with Crippen LogP contribution in [-0.4, -0.2) is 35.2 Å². The van der Waals surface area contributed by atoms with Gasteiger partial charge in [-0.2, -0.15) is 5.26 Å². The van der Waals surface area contributed by atoms with Crippen LogP contribution in [0.5, 0.6) is 0 Å². The average Bonchev–Trinajstić information content (AvgIpc) is 2.63. The number of aliphatic hydroxyl groups is 1. The normalized spacial score (nSPS) is 14.9. The number of carbonyl (C=O) groups excluding carboxylic acids is 1. The van der Waals surface area contributed by atoms with E-state index in [1.54, 1.807) is 36.7 Å². The summed E-state index contributed by atoms with van der Waals surface area (Å²) in [5, 5.41) is 21.8. The standard InChI is InChI=1S/C18H18N4O2/c19-12-14-11-15(21-18(24)13-3-7-20-8-4-13)1-2-17(14)22-9-5-16(23)6-10-22/h1-4,7-8,11,16,23H,5-6,9-10H2,(H,21,24). The highest BCUT2D eigenvalue weighted by atomic mass is 16.3. The van der Waals surface area contributed by atoms with E-state index >= 15 is 0 Å². The molecule has 0 radical (unpaired) electrons. The molecule has 0 unspecified atom stereocenters. The average molecular weight is 322 g/mol. The molecule has 2 heterocycles. The lowest BCUT2D eigenvalue weighted by Crippen LogP contribution is -2.36. The Morgan fingerprint density at radius 2 is 1.96 bits per heavy atom. The fraction of sp³-hybridized carbons (Fsp3) is 0.278. The van der Waals surface area contributed by atoms with Gasteiger partial charge < -0.3 is 15.3 Å². The van der Waals surface area contributed by atoms with Crippen LogP contribution in [0.1, 0.15) is 28.8 Å². The monoisotopic (exact) mass is 322 g/mol. The summed E-state index contributed by atoms with van der Waals surface area (Å²) in [6.07, 6.45) is 4.26. The van der Waals surface area contributed by atoms with Crippen molar-refractivity contribution in [2.45, 2.75) is 18.9 Å². The number of rotatable bonds is 3. The number of carbonyl (C=O) groups is 1. The summed E-state index contributed by atoms with van der Waals surface area (Å²) in [7, 11) is 0. The molecule has 24 heavy (non-hydrogen) atoms. The van der Waals surface area contributed by atoms with Crippen LogP contribution in [0.2, 0.25) is 0 Å². The maximum absolute atomic E-state index is 12.2. The first-order chi connectivity index (χ1) is 11.7. The molecule has 1 aliphatic rings. The Kier molecular flexibility index (Phi) is 4.73. The number of hydrogen-bond donors (Lipinski definition) is 2. The molecule has 0 atom stereocenters. The van der Waals surface area contributed by atoms with E-state index < -0.39 is 0 Å². The predicted molar refractivity (Wildman–Crippen MR) is 90.8 cm³/mol. The number of piperidine rings is 1. The van der Waals surface area contributed by atoms with E-state index in [9.17, 15) is 15.2 Å². The van der Waals surface area contributed by atoms with E-state index in [-0.39, 0.29) is 12.0 Å². The molecular formula is C18H18N4O2. The van der Waals surface area contributed by atoms with Crippen molar-refractivity contribution in [3.63, 3.8) is 0 Å². The lowest BCUT2D eigenvalue weighted by molar-refractivity contribution is 0.102. The quantitative estimate of drug-likeness (QED) is 0.904. The highest BCUT2D eigenvalue weighted by Crippen LogP contribution is 2.27. The number of amides is 1. The van der Waals surface area contributed by atoms with Gasteiger partial charge in [0.2, 0.25) is 0 Å². The van der Waals surface area contributed by atoms with E-state index in [1.807, 2.05) is 6.07 Å². The molecule has 1 aromatic carbocycles. The molecule has 1 fully saturated rings. The van der Waals surface area contributed by atoms with Crippen LogP contribution in [0.4, 0.5) is 11.4 Å². The largest absolute Gasteiger partial charge is 0.393 e. The fourth-order valence-corrected chi connectivity index (χ4v) is 2.79. The predicted octanol–water partition coefficient (Wildman–Crippen LogP) is 2.17. The van der Waals surface area contributed by atoms with E-state index in [4.69, 9.17) is 0 Å². The van der Waals surface area contributed by atoms with Gasteiger partial charge in [-0.1, -0.05) is 0 Å². The van der Waals surface area contributed by atoms with Crippen molar-refractivity contribution in [3.8, 4) is 6.07 Å². The zero-order chi connectivity index (χ0) is 16.9. The minimum Gasteiger partial charge on any atom is -0.393 e. The van der Waals surface area contributed by atoms with Crippen LogP contribution in [0, 0.1) is 11.3 Å². The van der Waals surface area contributed by atoms with E-state index in [2.05, 4.69) is 21.3 Å². The fourth-order valence-electron chi connectivity index (χ4n) is 2.79. The van der Waals surface area contributed by atoms with E-state index in [1.165, 1.54) is 0 Å². The molecule has 2 aromatic rings. The van der Waals surface area contributed by atoms with Crippen LogP contribution in [-0.2, 0) is 0 Å². The SMILES string of the molecule is N#Cc1cc(NC(=O)c2ccncc2)ccc1N1CCC(O)CC1. The first-order valence-electron chi connectivity index (χ1n) is 7.86. The van der Waals surface area contributed by atoms with Crippen LogP contribution >= 0.6 is 0 Å². The molecule has 1 aliphatic heterocycles. The van der Waals surface area contributed by atoms with Gasteiger partial charge in [-0.05, 0) is 43.2 Å². The molecule has 1 saturated heterocycles. The van der Waals surface area contributed by atoms with Crippen molar-refractivity contribution < 1.29 is 9.90 Å². The zero-order valence-corrected chi connectivity index (χ0v) is 13.1. The Morgan fingerprint density at radius 1 is 1.25 bits per heavy atom. The maximum atomic E-state index is 12.2. The molecule has 2 N–H and O–H groups in total. The molecule has 0 aliphatic carbocycles. The number of nitriles is 1. The lowest BCUT2D eigenvalue weighted by atomic mass is 10.0. The van der Waals surface area contributed by atoms with Gasteiger partial charge in [0.1, 0.15) is 6.07 Å². The number of hydrogen-bond acceptors (Lipinski definition) is 5. The minimum absolute atomic E-state index is 0.241. The molecule has 3 rings (SSSR count). The lowest BCUT2D eigenvalue weighted by Gasteiger charge is -2.32. The minimum atomic E-state index is -0.259. The molecule has 0 saturated carbocycles. The number of nitrogens with one attached hydrogen (secondary N) is 1. The Labute approximate surface area is 140 Å². The third kappa shape index (κ3) is 3.53. The number of pyridine rings is 1. The van der Waals surface area contributed by atoms with E-state index in [0.717, 1.165) is 18.8 Å². The van der Waals surface area contributed by atoms with Gasteiger partial charge in [0.05, 0.1) is 17.4 Å². The van der Waals surface area contributed by atoms with Gasteiger partial charge >= 0.3 is 0 Å². The van der Waals surface area contributed by atoms with Crippen molar-refractivity contribution in [3.05, 3.63) is 53.9 Å². The van der Waals surface area contributed by atoms with Gasteiger partial charge in [0.15, 0.2) is 0 Å². The first kappa shape index (κ1) is 16.0. The van der Waals surface area contributed by atoms with Gasteiger partial charge in [0.25, 0.3) is 5.91 Å². The molecule has 122 valence electrons. The third-order valence-electron chi connectivity index (χ3n) is 4.12. The number of anilines is 2. The molecular weight excluding hydrogens is 304 g/mol. The second-order valence-corrected chi connectivity index (χ2v) is 5.75. The third-order valence-corrected chi connectivity index (χ3v) is 4.12. The van der Waals surface area contributed by atoms with Crippen molar-refractivity contribution in [2.75, 3.05) is 23.3 Å². The highest BCUT2D eigenvalue weighted by molar-refractivity contribution is 6.04. The van der Waals surface area contributed by atoms with Crippen molar-refractivity contribution in [1.29, 1.82) is 5.26 Å². The van der Waals surface area contributed by atoms with Gasteiger partial charge in [0, 0.05) is 36.7 Å². The van der Waals surface area contributed by atoms with Crippen LogP contribution in [0.3, 0.4) is 0 Å². The summed E-state index contributed by atoms with van der Waals surface area (Å²) in [6, 6.07) is 10.8. The van der Waals surface area contributed by atoms with Crippen LogP contribution in [0.15, 0.2) is 42.7 Å². The smallest absolute Gasteiger partial charge is 0.255 e. The number of aromatic nitrogens is 1. The Hall–Kier alpha value is -2.91. The maximum Gasteiger partial charge on any atom is 0.255 e. The second-order valence-electron chi connectivity index (χ2n) is 5.75. The van der Waals surface area contributed by atoms with Crippen molar-refractivity contribution >= 4 is 17.3 Å². The summed E-state index contributed by atoms with van der Waals surface area (Å²) in [5.74, 6) is -0.241. The van der Waals surface area contributed by atoms with Crippen LogP contribution < -0.4 is 10.2 Å². The molecule has 6 nitrogen and oxygen atoms in total. The van der Waals surface area contributed by atoms with Crippen molar-refractivity contribution in [2.24, 2.45) is 0 Å².